The van der Waals surface area contributed by atoms with E-state index < -0.39 is 31.8 Å². The molecule has 0 spiro atoms. The number of methoxy groups -OCH3 is 2. The van der Waals surface area contributed by atoms with Crippen molar-refractivity contribution in [2.45, 2.75) is 100 Å². The van der Waals surface area contributed by atoms with E-state index in [-0.39, 0.29) is 52.5 Å². The van der Waals surface area contributed by atoms with E-state index in [4.69, 9.17) is 18.8 Å². The molecule has 4 atom stereocenters. The summed E-state index contributed by atoms with van der Waals surface area (Å²) in [5.74, 6) is 1.12. The number of amides is 2. The largest absolute Gasteiger partial charge is 0.496 e. The van der Waals surface area contributed by atoms with Crippen LogP contribution in [0.4, 0.5) is 0 Å². The van der Waals surface area contributed by atoms with Gasteiger partial charge in [0, 0.05) is 60.3 Å². The Balaban J connectivity index is 0.000000189. The molecule has 4 aliphatic heterocycles. The Morgan fingerprint density at radius 2 is 1.30 bits per heavy atom. The third kappa shape index (κ3) is 13.4. The lowest BCUT2D eigenvalue weighted by molar-refractivity contribution is 0.00578. The fourth-order valence-electron chi connectivity index (χ4n) is 8.94. The highest BCUT2D eigenvalue weighted by Gasteiger charge is 2.52. The molecule has 16 nitrogen and oxygen atoms in total. The van der Waals surface area contributed by atoms with E-state index in [1.54, 1.807) is 97.2 Å². The van der Waals surface area contributed by atoms with Crippen molar-refractivity contribution in [2.24, 2.45) is 10.9 Å². The first-order chi connectivity index (χ1) is 34.9. The molecule has 2 amide bonds. The standard InChI is InChI=1S/C22H23N3O5S.C20H22BrNO4S.C10H16BNO2.C2H6/c1-30-21-9-15(6-7-19(21)16-11-23-24-12-16)22(27)25-13-17(26)10-20(25)14-4-3-5-18(8-14)31(2,28)29;1-13-9-18(14-5-4-6-16(10-14)27(3,24)25)22(12-13)20(23)15-7-8-17(21)19(11-15)26-2;1-9(2)10(3,4)14-11(13-9)8-5-6-12-7-8;1-2/h3-9,11-12,17,20,26H,10,13H2,1-2H3,(H,23,24);4-8,10-11,13,18H,9,12H2,1-3H3;5,7H,6H2,1-4H3;1-2H3/t17?,20-;13?,18-;;/m11../s1. The number of nitrogens with zero attached hydrogens (tertiary/aromatic N) is 4. The predicted octanol–water partition coefficient (Wildman–Crippen LogP) is 9.18. The molecule has 20 heteroatoms. The summed E-state index contributed by atoms with van der Waals surface area (Å²) in [5, 5.41) is 17.0. The molecule has 2 N–H and O–H groups in total. The monoisotopic (exact) mass is 1120 g/mol. The van der Waals surface area contributed by atoms with E-state index in [0.29, 0.717) is 47.1 Å². The zero-order valence-electron chi connectivity index (χ0n) is 43.8. The zero-order valence-corrected chi connectivity index (χ0v) is 47.0. The summed E-state index contributed by atoms with van der Waals surface area (Å²) in [4.78, 5) is 34.5. The lowest BCUT2D eigenvalue weighted by atomic mass is 9.79. The van der Waals surface area contributed by atoms with Gasteiger partial charge in [0.25, 0.3) is 11.8 Å². The minimum atomic E-state index is -3.38. The Kier molecular flexibility index (Phi) is 18.6. The van der Waals surface area contributed by atoms with Crippen molar-refractivity contribution in [2.75, 3.05) is 46.4 Å². The molecular weight excluding hydrogens is 1050 g/mol. The minimum Gasteiger partial charge on any atom is -0.496 e. The maximum absolute atomic E-state index is 13.3. The Morgan fingerprint density at radius 1 is 0.770 bits per heavy atom. The number of sulfone groups is 2. The Hall–Kier alpha value is -5.64. The van der Waals surface area contributed by atoms with Gasteiger partial charge in [-0.3, -0.25) is 19.7 Å². The average Bonchev–Trinajstić information content (AvgIpc) is 4.24. The molecule has 0 aliphatic carbocycles. The van der Waals surface area contributed by atoms with Crippen LogP contribution in [0, 0.1) is 5.92 Å². The van der Waals surface area contributed by atoms with Gasteiger partial charge in [-0.15, -0.1) is 0 Å². The molecule has 0 radical (unpaired) electrons. The van der Waals surface area contributed by atoms with E-state index in [1.165, 1.54) is 19.4 Å². The van der Waals surface area contributed by atoms with Crippen LogP contribution in [0.3, 0.4) is 0 Å². The number of aliphatic hydroxyl groups excluding tert-OH is 1. The molecule has 5 heterocycles. The highest BCUT2D eigenvalue weighted by molar-refractivity contribution is 9.10. The van der Waals surface area contributed by atoms with Gasteiger partial charge in [-0.05, 0) is 140 Å². The van der Waals surface area contributed by atoms with Crippen LogP contribution in [0.15, 0.2) is 128 Å². The summed E-state index contributed by atoms with van der Waals surface area (Å²) in [6, 6.07) is 23.3. The smallest absolute Gasteiger partial charge is 0.496 e. The van der Waals surface area contributed by atoms with Crippen LogP contribution in [-0.2, 0) is 29.0 Å². The number of rotatable bonds is 10. The number of aliphatic imine (C=N–C) groups is 1. The number of hydrogen-bond acceptors (Lipinski definition) is 13. The number of allylic oxidation sites excluding steroid dienone is 1. The number of H-pyrrole nitrogens is 1. The van der Waals surface area contributed by atoms with E-state index in [2.05, 4.69) is 65.7 Å². The van der Waals surface area contributed by atoms with Gasteiger partial charge in [0.2, 0.25) is 0 Å². The number of ether oxygens (including phenoxy) is 2. The zero-order chi connectivity index (χ0) is 54.3. The molecule has 396 valence electrons. The maximum atomic E-state index is 13.3. The number of hydrogen-bond donors (Lipinski definition) is 2. The lowest BCUT2D eigenvalue weighted by Crippen LogP contribution is -2.41. The number of likely N-dealkylation sites (tertiary alicyclic amines) is 2. The van der Waals surface area contributed by atoms with Crippen LogP contribution in [0.1, 0.15) is 105 Å². The molecule has 1 aromatic heterocycles. The second kappa shape index (κ2) is 23.9. The fraction of sp³-hybridized carbons (Fsp3) is 0.407. The maximum Gasteiger partial charge on any atom is 0.496 e. The first-order valence-corrected chi connectivity index (χ1v) is 28.9. The van der Waals surface area contributed by atoms with Crippen molar-refractivity contribution < 1.29 is 50.3 Å². The molecule has 4 aromatic carbocycles. The highest BCUT2D eigenvalue weighted by Crippen LogP contribution is 2.41. The first-order valence-electron chi connectivity index (χ1n) is 24.4. The van der Waals surface area contributed by atoms with Crippen LogP contribution in [-0.4, -0.2) is 131 Å². The quantitative estimate of drug-likeness (QED) is 0.126. The van der Waals surface area contributed by atoms with Crippen molar-refractivity contribution in [1.82, 2.24) is 20.0 Å². The topological polar surface area (TPSA) is 207 Å². The summed E-state index contributed by atoms with van der Waals surface area (Å²) < 4.78 is 71.0. The van der Waals surface area contributed by atoms with Gasteiger partial charge in [-0.25, -0.2) is 16.8 Å². The predicted molar refractivity (Wildman–Crippen MR) is 291 cm³/mol. The minimum absolute atomic E-state index is 0.0834. The summed E-state index contributed by atoms with van der Waals surface area (Å²) in [6.45, 7) is 15.9. The number of carbonyl (C=O) groups is 2. The number of aromatic nitrogens is 2. The Bertz CT molecular complexity index is 3080. The second-order valence-electron chi connectivity index (χ2n) is 19.4. The number of carbonyl (C=O) groups excluding carboxylic acids is 2. The number of β-amino-alcohol motifs (C(OH)–C–C–N with tert-alkyl or cyclic N) is 1. The van der Waals surface area contributed by atoms with Gasteiger partial charge < -0.3 is 33.7 Å². The van der Waals surface area contributed by atoms with E-state index in [9.17, 15) is 31.5 Å². The van der Waals surface area contributed by atoms with Gasteiger partial charge >= 0.3 is 7.12 Å². The molecule has 3 saturated heterocycles. The second-order valence-corrected chi connectivity index (χ2v) is 24.3. The van der Waals surface area contributed by atoms with Gasteiger partial charge in [-0.2, -0.15) is 5.10 Å². The normalized spacial score (nSPS) is 20.6. The molecule has 74 heavy (non-hydrogen) atoms. The number of aliphatic hydroxyl groups is 1. The summed E-state index contributed by atoms with van der Waals surface area (Å²) in [6.07, 6.45) is 10.1. The molecule has 3 fully saturated rings. The third-order valence-electron chi connectivity index (χ3n) is 13.5. The first kappa shape index (κ1) is 57.6. The van der Waals surface area contributed by atoms with Crippen LogP contribution in [0.2, 0.25) is 0 Å². The van der Waals surface area contributed by atoms with Gasteiger partial charge in [0.05, 0.1) is 70.6 Å². The highest BCUT2D eigenvalue weighted by atomic mass is 79.9. The van der Waals surface area contributed by atoms with Crippen molar-refractivity contribution in [3.8, 4) is 22.6 Å². The summed E-state index contributed by atoms with van der Waals surface area (Å²) >= 11 is 3.40. The van der Waals surface area contributed by atoms with Crippen molar-refractivity contribution in [3.63, 3.8) is 0 Å². The Labute approximate surface area is 444 Å². The molecule has 2 unspecified atom stereocenters. The molecular formula is C54H67BBrN5O11S2. The molecule has 0 bridgehead atoms. The lowest BCUT2D eigenvalue weighted by Gasteiger charge is -2.32. The molecule has 9 rings (SSSR count). The number of nitrogens with one attached hydrogen (secondary N) is 1. The SMILES string of the molecule is CC.CC1(C)OB(C2=CCN=C2)OC1(C)C.COc1cc(C(=O)N2CC(C)C[C@@H]2c2cccc(S(C)(=O)=O)c2)ccc1Br.COc1cc(C(=O)N2CC(O)C[C@@H]2c2cccc(S(C)(=O)=O)c2)ccc1-c1cn[nH]c1. The third-order valence-corrected chi connectivity index (χ3v) is 16.4. The number of halogens is 1. The number of aromatic amines is 1. The van der Waals surface area contributed by atoms with E-state index >= 15 is 0 Å². The van der Waals surface area contributed by atoms with Crippen LogP contribution in [0.5, 0.6) is 11.5 Å². The van der Waals surface area contributed by atoms with Gasteiger partial charge in [0.15, 0.2) is 19.7 Å². The van der Waals surface area contributed by atoms with Crippen molar-refractivity contribution >= 4 is 60.8 Å². The van der Waals surface area contributed by atoms with Gasteiger partial charge in [-0.1, -0.05) is 51.1 Å². The van der Waals surface area contributed by atoms with Crippen LogP contribution < -0.4 is 9.47 Å². The molecule has 0 saturated carbocycles. The van der Waals surface area contributed by atoms with Crippen LogP contribution in [0.25, 0.3) is 11.1 Å². The summed E-state index contributed by atoms with van der Waals surface area (Å²) in [5.41, 5.74) is 4.66. The fourth-order valence-corrected chi connectivity index (χ4v) is 10.7. The molecule has 4 aliphatic rings. The Morgan fingerprint density at radius 3 is 1.80 bits per heavy atom. The van der Waals surface area contributed by atoms with E-state index in [1.807, 2.05) is 37.1 Å². The van der Waals surface area contributed by atoms with Crippen LogP contribution >= 0.6 is 15.9 Å². The van der Waals surface area contributed by atoms with E-state index in [0.717, 1.165) is 45.9 Å². The van der Waals surface area contributed by atoms with Crippen molar-refractivity contribution in [3.05, 3.63) is 136 Å². The van der Waals surface area contributed by atoms with Crippen molar-refractivity contribution in [1.29, 1.82) is 0 Å². The molecule has 5 aromatic rings. The number of benzene rings is 4. The van der Waals surface area contributed by atoms with Gasteiger partial charge in [0.1, 0.15) is 11.5 Å². The summed E-state index contributed by atoms with van der Waals surface area (Å²) in [7, 11) is -3.83. The average molecular weight is 1120 g/mol.